The molecule has 134 valence electrons. The number of para-hydroxylation sites is 1. The maximum atomic E-state index is 12.7. The SMILES string of the molecule is Cc1ccc(Oc2nc3c(=O)n(-c4ccccc4)cnc3[nH]2)cc1C(=O)O. The predicted octanol–water partition coefficient (Wildman–Crippen LogP) is 2.91. The van der Waals surface area contributed by atoms with Crippen LogP contribution in [0, 0.1) is 6.92 Å². The molecule has 0 unspecified atom stereocenters. The van der Waals surface area contributed by atoms with Gasteiger partial charge in [-0.1, -0.05) is 24.3 Å². The van der Waals surface area contributed by atoms with E-state index in [9.17, 15) is 14.7 Å². The summed E-state index contributed by atoms with van der Waals surface area (Å²) < 4.78 is 6.98. The summed E-state index contributed by atoms with van der Waals surface area (Å²) in [7, 11) is 0. The molecule has 0 aliphatic rings. The fourth-order valence-electron chi connectivity index (χ4n) is 2.69. The van der Waals surface area contributed by atoms with Crippen molar-refractivity contribution in [1.82, 2.24) is 19.5 Å². The van der Waals surface area contributed by atoms with Crippen molar-refractivity contribution in [3.63, 3.8) is 0 Å². The molecule has 2 N–H and O–H groups in total. The highest BCUT2D eigenvalue weighted by molar-refractivity contribution is 5.89. The average molecular weight is 362 g/mol. The van der Waals surface area contributed by atoms with Gasteiger partial charge in [0.25, 0.3) is 5.56 Å². The molecule has 8 nitrogen and oxygen atoms in total. The first kappa shape index (κ1) is 16.5. The van der Waals surface area contributed by atoms with Gasteiger partial charge in [0, 0.05) is 0 Å². The molecule has 2 aromatic heterocycles. The van der Waals surface area contributed by atoms with E-state index in [1.54, 1.807) is 31.2 Å². The lowest BCUT2D eigenvalue weighted by Crippen LogP contribution is -2.18. The molecule has 0 saturated carbocycles. The smallest absolute Gasteiger partial charge is 0.336 e. The molecule has 2 aromatic carbocycles. The number of aromatic amines is 1. The number of H-pyrrole nitrogens is 1. The van der Waals surface area contributed by atoms with Crippen LogP contribution in [-0.2, 0) is 0 Å². The zero-order valence-electron chi connectivity index (χ0n) is 14.2. The highest BCUT2D eigenvalue weighted by atomic mass is 16.5. The first-order valence-electron chi connectivity index (χ1n) is 8.07. The van der Waals surface area contributed by atoms with Gasteiger partial charge < -0.3 is 9.84 Å². The van der Waals surface area contributed by atoms with E-state index < -0.39 is 5.97 Å². The van der Waals surface area contributed by atoms with Crippen LogP contribution in [0.1, 0.15) is 15.9 Å². The maximum Gasteiger partial charge on any atom is 0.336 e. The van der Waals surface area contributed by atoms with Gasteiger partial charge in [-0.25, -0.2) is 9.78 Å². The molecule has 0 aliphatic heterocycles. The number of hydrogen-bond donors (Lipinski definition) is 2. The van der Waals surface area contributed by atoms with E-state index in [1.807, 2.05) is 18.2 Å². The van der Waals surface area contributed by atoms with Crippen LogP contribution in [0.25, 0.3) is 16.9 Å². The van der Waals surface area contributed by atoms with Gasteiger partial charge in [0.2, 0.25) is 0 Å². The van der Waals surface area contributed by atoms with E-state index in [4.69, 9.17) is 4.74 Å². The number of carbonyl (C=O) groups is 1. The van der Waals surface area contributed by atoms with Crippen LogP contribution in [0.2, 0.25) is 0 Å². The molecule has 0 spiro atoms. The van der Waals surface area contributed by atoms with Crippen molar-refractivity contribution in [2.24, 2.45) is 0 Å². The van der Waals surface area contributed by atoms with Gasteiger partial charge >= 0.3 is 12.0 Å². The molecular formula is C19H14N4O4. The molecule has 0 saturated heterocycles. The van der Waals surface area contributed by atoms with Crippen molar-refractivity contribution < 1.29 is 14.6 Å². The third kappa shape index (κ3) is 3.04. The van der Waals surface area contributed by atoms with Crippen LogP contribution < -0.4 is 10.3 Å². The molecule has 0 atom stereocenters. The Labute approximate surface area is 152 Å². The third-order valence-corrected chi connectivity index (χ3v) is 4.08. The molecule has 8 heteroatoms. The van der Waals surface area contributed by atoms with Crippen LogP contribution in [0.3, 0.4) is 0 Å². The number of ether oxygens (including phenoxy) is 1. The zero-order valence-corrected chi connectivity index (χ0v) is 14.2. The Morgan fingerprint density at radius 1 is 1.19 bits per heavy atom. The Morgan fingerprint density at radius 2 is 1.96 bits per heavy atom. The third-order valence-electron chi connectivity index (χ3n) is 4.08. The quantitative estimate of drug-likeness (QED) is 0.578. The monoisotopic (exact) mass is 362 g/mol. The van der Waals surface area contributed by atoms with Crippen LogP contribution in [0.15, 0.2) is 59.7 Å². The van der Waals surface area contributed by atoms with Crippen molar-refractivity contribution in [3.8, 4) is 17.4 Å². The highest BCUT2D eigenvalue weighted by Crippen LogP contribution is 2.23. The van der Waals surface area contributed by atoms with Crippen LogP contribution in [0.4, 0.5) is 0 Å². The molecule has 0 fully saturated rings. The van der Waals surface area contributed by atoms with Crippen LogP contribution in [-0.4, -0.2) is 30.6 Å². The Morgan fingerprint density at radius 3 is 2.70 bits per heavy atom. The number of hydrogen-bond acceptors (Lipinski definition) is 5. The Balaban J connectivity index is 1.73. The fourth-order valence-corrected chi connectivity index (χ4v) is 2.69. The summed E-state index contributed by atoms with van der Waals surface area (Å²) >= 11 is 0. The summed E-state index contributed by atoms with van der Waals surface area (Å²) in [5.74, 6) is -0.754. The number of aromatic nitrogens is 4. The topological polar surface area (TPSA) is 110 Å². The van der Waals surface area contributed by atoms with Crippen molar-refractivity contribution in [2.45, 2.75) is 6.92 Å². The number of fused-ring (bicyclic) bond motifs is 1. The van der Waals surface area contributed by atoms with Gasteiger partial charge in [0.1, 0.15) is 12.1 Å². The van der Waals surface area contributed by atoms with Crippen molar-refractivity contribution in [1.29, 1.82) is 0 Å². The van der Waals surface area contributed by atoms with Gasteiger partial charge in [-0.15, -0.1) is 0 Å². The molecular weight excluding hydrogens is 348 g/mol. The number of benzene rings is 2. The molecule has 4 aromatic rings. The molecule has 4 rings (SSSR count). The first-order valence-corrected chi connectivity index (χ1v) is 8.07. The minimum Gasteiger partial charge on any atom is -0.478 e. The molecule has 0 amide bonds. The Hall–Kier alpha value is -3.94. The van der Waals surface area contributed by atoms with Gasteiger partial charge in [-0.2, -0.15) is 4.98 Å². The van der Waals surface area contributed by atoms with Crippen molar-refractivity contribution >= 4 is 17.1 Å². The number of nitrogens with one attached hydrogen (secondary N) is 1. The normalized spacial score (nSPS) is 10.9. The summed E-state index contributed by atoms with van der Waals surface area (Å²) in [5.41, 5.74) is 1.49. The lowest BCUT2D eigenvalue weighted by atomic mass is 10.1. The lowest BCUT2D eigenvalue weighted by Gasteiger charge is -2.05. The molecule has 0 aliphatic carbocycles. The van der Waals surface area contributed by atoms with Gasteiger partial charge in [-0.05, 0) is 36.8 Å². The van der Waals surface area contributed by atoms with Gasteiger partial charge in [0.15, 0.2) is 11.2 Å². The number of carboxylic acids is 1. The van der Waals surface area contributed by atoms with Crippen molar-refractivity contribution in [3.05, 3.63) is 76.3 Å². The largest absolute Gasteiger partial charge is 0.478 e. The van der Waals surface area contributed by atoms with E-state index in [2.05, 4.69) is 15.0 Å². The summed E-state index contributed by atoms with van der Waals surface area (Å²) in [5, 5.41) is 9.21. The number of carboxylic acid groups (broad SMARTS) is 1. The summed E-state index contributed by atoms with van der Waals surface area (Å²) in [6, 6.07) is 13.8. The summed E-state index contributed by atoms with van der Waals surface area (Å²) in [4.78, 5) is 35.1. The number of aryl methyl sites for hydroxylation is 1. The molecule has 27 heavy (non-hydrogen) atoms. The van der Waals surface area contributed by atoms with Gasteiger partial charge in [0.05, 0.1) is 11.3 Å². The minimum atomic E-state index is -1.05. The van der Waals surface area contributed by atoms with Crippen LogP contribution >= 0.6 is 0 Å². The lowest BCUT2D eigenvalue weighted by molar-refractivity contribution is 0.0695. The Kier molecular flexibility index (Phi) is 3.92. The second-order valence-corrected chi connectivity index (χ2v) is 5.88. The second kappa shape index (κ2) is 6.41. The number of rotatable bonds is 4. The Bertz CT molecular complexity index is 1210. The van der Waals surface area contributed by atoms with E-state index in [0.29, 0.717) is 17.0 Å². The summed E-state index contributed by atoms with van der Waals surface area (Å²) in [6.45, 7) is 1.70. The van der Waals surface area contributed by atoms with Crippen LogP contribution in [0.5, 0.6) is 11.8 Å². The van der Waals surface area contributed by atoms with E-state index in [1.165, 1.54) is 17.0 Å². The fraction of sp³-hybridized carbons (Fsp3) is 0.0526. The predicted molar refractivity (Wildman–Crippen MR) is 97.7 cm³/mol. The second-order valence-electron chi connectivity index (χ2n) is 5.88. The molecule has 2 heterocycles. The molecule has 0 radical (unpaired) electrons. The first-order chi connectivity index (χ1) is 13.0. The number of aromatic carboxylic acids is 1. The van der Waals surface area contributed by atoms with Gasteiger partial charge in [-0.3, -0.25) is 14.3 Å². The number of imidazole rings is 1. The standard InChI is InChI=1S/C19H14N4O4/c1-11-7-8-13(9-14(11)18(25)26)27-19-21-15-16(22-19)20-10-23(17(15)24)12-5-3-2-4-6-12/h2-10H,1H3,(H,21,22)(H,25,26). The molecule has 0 bridgehead atoms. The maximum absolute atomic E-state index is 12.7. The number of nitrogens with zero attached hydrogens (tertiary/aromatic N) is 3. The zero-order chi connectivity index (χ0) is 19.0. The van der Waals surface area contributed by atoms with Crippen molar-refractivity contribution in [2.75, 3.05) is 0 Å². The van der Waals surface area contributed by atoms with E-state index in [0.717, 1.165) is 0 Å². The van der Waals surface area contributed by atoms with E-state index in [-0.39, 0.29) is 28.3 Å². The average Bonchev–Trinajstić information content (AvgIpc) is 3.07. The highest BCUT2D eigenvalue weighted by Gasteiger charge is 2.14. The van der Waals surface area contributed by atoms with E-state index >= 15 is 0 Å². The minimum absolute atomic E-state index is 0.0561. The summed E-state index contributed by atoms with van der Waals surface area (Å²) in [6.07, 6.45) is 1.41.